The summed E-state index contributed by atoms with van der Waals surface area (Å²) in [5.41, 5.74) is 2.01. The van der Waals surface area contributed by atoms with Crippen molar-refractivity contribution >= 4 is 5.91 Å². The molecule has 2 heterocycles. The molecule has 26 heavy (non-hydrogen) atoms. The lowest BCUT2D eigenvalue weighted by molar-refractivity contribution is 0.0667. The van der Waals surface area contributed by atoms with Crippen LogP contribution in [0, 0.1) is 6.92 Å². The van der Waals surface area contributed by atoms with Gasteiger partial charge < -0.3 is 15.0 Å². The highest BCUT2D eigenvalue weighted by Crippen LogP contribution is 2.19. The fraction of sp³-hybridized carbons (Fsp3) is 0.526. The fourth-order valence-electron chi connectivity index (χ4n) is 3.35. The van der Waals surface area contributed by atoms with Crippen LogP contribution in [-0.4, -0.2) is 57.1 Å². The topological polar surface area (TPSA) is 72.3 Å². The van der Waals surface area contributed by atoms with Crippen LogP contribution < -0.4 is 10.1 Å². The van der Waals surface area contributed by atoms with Crippen molar-refractivity contribution in [1.82, 2.24) is 25.2 Å². The second kappa shape index (κ2) is 7.45. The van der Waals surface area contributed by atoms with Crippen LogP contribution in [-0.2, 0) is 0 Å². The zero-order valence-corrected chi connectivity index (χ0v) is 16.1. The first-order valence-corrected chi connectivity index (χ1v) is 9.10. The molecule has 0 aliphatic carbocycles. The van der Waals surface area contributed by atoms with Crippen LogP contribution in [0.3, 0.4) is 0 Å². The summed E-state index contributed by atoms with van der Waals surface area (Å²) in [6.07, 6.45) is 0.127. The highest BCUT2D eigenvalue weighted by atomic mass is 16.5. The molecule has 1 amide bonds. The Bertz CT molecular complexity index is 759. The molecular weight excluding hydrogens is 330 g/mol. The monoisotopic (exact) mass is 357 g/mol. The summed E-state index contributed by atoms with van der Waals surface area (Å²) in [6.45, 7) is 11.4. The lowest BCUT2D eigenvalue weighted by Gasteiger charge is -2.35. The second-order valence-corrected chi connectivity index (χ2v) is 7.27. The molecule has 1 aromatic carbocycles. The molecule has 7 heteroatoms. The smallest absolute Gasteiger partial charge is 0.276 e. The van der Waals surface area contributed by atoms with E-state index in [1.807, 2.05) is 49.9 Å². The van der Waals surface area contributed by atoms with E-state index in [9.17, 15) is 4.79 Å². The molecule has 140 valence electrons. The predicted octanol–water partition coefficient (Wildman–Crippen LogP) is 2.19. The number of nitrogens with zero attached hydrogens (tertiary/aromatic N) is 4. The molecule has 0 bridgehead atoms. The lowest BCUT2D eigenvalue weighted by atomic mass is 10.1. The van der Waals surface area contributed by atoms with E-state index >= 15 is 0 Å². The number of benzene rings is 1. The molecule has 0 saturated carbocycles. The summed E-state index contributed by atoms with van der Waals surface area (Å²) in [5.74, 6) is 0.746. The first-order valence-electron chi connectivity index (χ1n) is 9.10. The molecular formula is C19H27N5O2. The maximum Gasteiger partial charge on any atom is 0.276 e. The van der Waals surface area contributed by atoms with Gasteiger partial charge in [0.05, 0.1) is 17.5 Å². The summed E-state index contributed by atoms with van der Waals surface area (Å²) in [5, 5.41) is 11.8. The van der Waals surface area contributed by atoms with Crippen molar-refractivity contribution in [2.24, 2.45) is 0 Å². The van der Waals surface area contributed by atoms with Crippen molar-refractivity contribution in [2.45, 2.75) is 52.8 Å². The quantitative estimate of drug-likeness (QED) is 0.908. The van der Waals surface area contributed by atoms with E-state index in [4.69, 9.17) is 4.74 Å². The van der Waals surface area contributed by atoms with E-state index in [0.717, 1.165) is 17.1 Å². The van der Waals surface area contributed by atoms with Crippen molar-refractivity contribution < 1.29 is 9.53 Å². The predicted molar refractivity (Wildman–Crippen MR) is 99.8 cm³/mol. The van der Waals surface area contributed by atoms with Gasteiger partial charge in [-0.25, -0.2) is 4.68 Å². The van der Waals surface area contributed by atoms with Gasteiger partial charge in [-0.15, -0.1) is 5.10 Å². The molecule has 3 rings (SSSR count). The third-order valence-corrected chi connectivity index (χ3v) is 4.39. The minimum Gasteiger partial charge on any atom is -0.491 e. The van der Waals surface area contributed by atoms with E-state index in [1.54, 1.807) is 4.68 Å². The molecule has 0 unspecified atom stereocenters. The summed E-state index contributed by atoms with van der Waals surface area (Å²) < 4.78 is 7.36. The average molecular weight is 357 g/mol. The number of nitrogens with one attached hydrogen (secondary N) is 1. The summed E-state index contributed by atoms with van der Waals surface area (Å²) in [7, 11) is 0. The van der Waals surface area contributed by atoms with Crippen LogP contribution >= 0.6 is 0 Å². The Morgan fingerprint density at radius 1 is 1.19 bits per heavy atom. The third kappa shape index (κ3) is 3.88. The summed E-state index contributed by atoms with van der Waals surface area (Å²) >= 11 is 0. The number of piperazine rings is 1. The third-order valence-electron chi connectivity index (χ3n) is 4.39. The Kier molecular flexibility index (Phi) is 5.27. The lowest BCUT2D eigenvalue weighted by Crippen LogP contribution is -2.56. The Labute approximate surface area is 154 Å². The van der Waals surface area contributed by atoms with Gasteiger partial charge in [0.15, 0.2) is 5.69 Å². The van der Waals surface area contributed by atoms with Crippen LogP contribution in [0.5, 0.6) is 5.75 Å². The van der Waals surface area contributed by atoms with E-state index in [0.29, 0.717) is 18.8 Å². The zero-order valence-electron chi connectivity index (χ0n) is 16.1. The normalized spacial score (nSPS) is 20.5. The number of hydrogen-bond acceptors (Lipinski definition) is 5. The van der Waals surface area contributed by atoms with E-state index in [2.05, 4.69) is 29.5 Å². The van der Waals surface area contributed by atoms with Gasteiger partial charge in [0, 0.05) is 25.2 Å². The number of amides is 1. The Morgan fingerprint density at radius 2 is 1.81 bits per heavy atom. The first kappa shape index (κ1) is 18.4. The molecule has 1 fully saturated rings. The van der Waals surface area contributed by atoms with Crippen LogP contribution in [0.25, 0.3) is 5.69 Å². The SMILES string of the molecule is Cc1c(C(=O)N2C[C@H](C)N[C@@H](C)C2)nnn1-c1ccc(OC(C)C)cc1. The largest absolute Gasteiger partial charge is 0.491 e. The van der Waals surface area contributed by atoms with E-state index in [-0.39, 0.29) is 24.1 Å². The van der Waals surface area contributed by atoms with Crippen molar-refractivity contribution in [3.05, 3.63) is 35.7 Å². The molecule has 0 radical (unpaired) electrons. The van der Waals surface area contributed by atoms with Gasteiger partial charge in [-0.3, -0.25) is 4.79 Å². The van der Waals surface area contributed by atoms with Gasteiger partial charge in [0.25, 0.3) is 5.91 Å². The fourth-order valence-corrected chi connectivity index (χ4v) is 3.35. The van der Waals surface area contributed by atoms with E-state index in [1.165, 1.54) is 0 Å². The molecule has 0 spiro atoms. The Hall–Kier alpha value is -2.41. The molecule has 1 aromatic heterocycles. The minimum atomic E-state index is -0.0614. The van der Waals surface area contributed by atoms with Gasteiger partial charge in [-0.2, -0.15) is 0 Å². The Balaban J connectivity index is 1.80. The maximum absolute atomic E-state index is 12.9. The molecule has 1 N–H and O–H groups in total. The number of aromatic nitrogens is 3. The van der Waals surface area contributed by atoms with Crippen molar-refractivity contribution in [2.75, 3.05) is 13.1 Å². The number of rotatable bonds is 4. The van der Waals surface area contributed by atoms with Crippen LogP contribution in [0.2, 0.25) is 0 Å². The molecule has 1 aliphatic heterocycles. The number of carbonyl (C=O) groups excluding carboxylic acids is 1. The van der Waals surface area contributed by atoms with Crippen molar-refractivity contribution in [1.29, 1.82) is 0 Å². The average Bonchev–Trinajstić information content (AvgIpc) is 2.95. The van der Waals surface area contributed by atoms with Gasteiger partial charge in [0.2, 0.25) is 0 Å². The first-order chi connectivity index (χ1) is 12.3. The number of carbonyl (C=O) groups is 1. The highest BCUT2D eigenvalue weighted by Gasteiger charge is 2.28. The molecule has 7 nitrogen and oxygen atoms in total. The van der Waals surface area contributed by atoms with Gasteiger partial charge in [-0.05, 0) is 58.9 Å². The maximum atomic E-state index is 12.9. The molecule has 1 aliphatic rings. The standard InChI is InChI=1S/C19H27N5O2/c1-12(2)26-17-8-6-16(7-9-17)24-15(5)18(21-22-24)19(25)23-10-13(3)20-14(4)11-23/h6-9,12-14,20H,10-11H2,1-5H3/t13-,14-/m0/s1. The van der Waals surface area contributed by atoms with Crippen LogP contribution in [0.4, 0.5) is 0 Å². The van der Waals surface area contributed by atoms with Crippen molar-refractivity contribution in [3.63, 3.8) is 0 Å². The molecule has 1 saturated heterocycles. The molecule has 2 aromatic rings. The van der Waals surface area contributed by atoms with Crippen molar-refractivity contribution in [3.8, 4) is 11.4 Å². The number of hydrogen-bond donors (Lipinski definition) is 1. The Morgan fingerprint density at radius 3 is 2.38 bits per heavy atom. The number of ether oxygens (including phenoxy) is 1. The molecule has 2 atom stereocenters. The van der Waals surface area contributed by atoms with E-state index < -0.39 is 0 Å². The minimum absolute atomic E-state index is 0.0614. The van der Waals surface area contributed by atoms with Gasteiger partial charge in [-0.1, -0.05) is 5.21 Å². The van der Waals surface area contributed by atoms with Gasteiger partial charge >= 0.3 is 0 Å². The van der Waals surface area contributed by atoms with Crippen LogP contribution in [0.15, 0.2) is 24.3 Å². The second-order valence-electron chi connectivity index (χ2n) is 7.27. The summed E-state index contributed by atoms with van der Waals surface area (Å²) in [6, 6.07) is 8.18. The highest BCUT2D eigenvalue weighted by molar-refractivity contribution is 5.93. The van der Waals surface area contributed by atoms with Gasteiger partial charge in [0.1, 0.15) is 5.75 Å². The summed E-state index contributed by atoms with van der Waals surface area (Å²) in [4.78, 5) is 14.7. The van der Waals surface area contributed by atoms with Crippen LogP contribution in [0.1, 0.15) is 43.9 Å². The zero-order chi connectivity index (χ0) is 18.8.